The number of hydrogen-bond donors (Lipinski definition) is 0. The number of nitrogens with zero attached hydrogens (tertiary/aromatic N) is 10. The van der Waals surface area contributed by atoms with Gasteiger partial charge in [0.2, 0.25) is 0 Å². The molecule has 9 aromatic carbocycles. The zero-order valence-electron chi connectivity index (χ0n) is 61.9. The van der Waals surface area contributed by atoms with Gasteiger partial charge in [0.25, 0.3) is 0 Å². The number of rotatable bonds is 22. The van der Waals surface area contributed by atoms with Gasteiger partial charge in [0.15, 0.2) is 17.4 Å². The molecule has 13 aromatic rings. The van der Waals surface area contributed by atoms with E-state index in [1.807, 2.05) is 104 Å². The summed E-state index contributed by atoms with van der Waals surface area (Å²) in [6.07, 6.45) is 8.75. The Labute approximate surface area is 640 Å². The van der Waals surface area contributed by atoms with Gasteiger partial charge in [-0.3, -0.25) is 9.59 Å². The van der Waals surface area contributed by atoms with Crippen molar-refractivity contribution in [2.45, 2.75) is 109 Å². The van der Waals surface area contributed by atoms with Gasteiger partial charge in [-0.05, 0) is 228 Å². The van der Waals surface area contributed by atoms with Crippen LogP contribution in [0.5, 0.6) is 17.2 Å². The van der Waals surface area contributed by atoms with E-state index in [2.05, 4.69) is 127 Å². The number of benzene rings is 9. The monoisotopic (exact) mass is 1480 g/mol. The molecule has 0 aliphatic heterocycles. The number of halogens is 3. The van der Waals surface area contributed by atoms with Crippen molar-refractivity contribution in [2.24, 2.45) is 28.0 Å². The smallest absolute Gasteiger partial charge is 0.308 e. The molecule has 0 N–H and O–H groups in total. The van der Waals surface area contributed by atoms with Crippen LogP contribution in [0.1, 0.15) is 138 Å². The average Bonchev–Trinajstić information content (AvgIpc) is 1.21. The first-order chi connectivity index (χ1) is 53.9. The standard InChI is InChI=1S/C31H27FN4O3.C31H27FN2O2.C29H25FN4O2/c1-20-16-31(17-20,23-6-4-3-5-7-23)28-15-26(11-12-27(28)30(18-34-36-33)39-21(2)37)38-19-25-10-8-22-14-24(32)9-13-29(22)35-25;1-20-16-31(17-20,23-6-4-3-5-7-23)28-15-26(11-12-27(28)30-18-33-21(2)36-30)35-19-25-10-8-22-14-24(32)9-13-29(22)34-25;1-19-15-29(16-19,21-5-3-2-4-6-21)26-14-24(10-11-25(26)28(35)17-32-34-31)36-18-23-9-7-20-13-22(30)8-12-27(20)33-23/h3-15,18,20H,16-17,19H2,1-2H3;3-15,18,20H,16-17,19H2,1-2H3;2-14,19H,15-18H2,1H3/b30-18-;;. The van der Waals surface area contributed by atoms with Crippen molar-refractivity contribution in [3.8, 4) is 28.6 Å². The SMILES string of the molecule is CC(=O)O/C(=C\N=[N+]=[N-])c1ccc(OCc2ccc3cc(F)ccc3n2)cc1C1(c2ccccc2)CC(C)C1.CC1CC(c2ccccc2)(c2cc(OCc3ccc4cc(F)ccc4n3)ccc2C(=O)CN=[N+]=[N-])C1.Cc1ncc(-c2ccc(OCc3ccc4cc(F)ccc4n3)cc2C2(c3ccccc3)CC(C)C2)o1. The van der Waals surface area contributed by atoms with Crippen LogP contribution in [0.15, 0.2) is 264 Å². The molecule has 0 amide bonds. The fourth-order valence-electron chi connectivity index (χ4n) is 16.4. The maximum Gasteiger partial charge on any atom is 0.308 e. The van der Waals surface area contributed by atoms with Gasteiger partial charge >= 0.3 is 5.97 Å². The lowest BCUT2D eigenvalue weighted by molar-refractivity contribution is -0.134. The third-order valence-electron chi connectivity index (χ3n) is 21.2. The Morgan fingerprint density at radius 2 is 0.892 bits per heavy atom. The Balaban J connectivity index is 0.000000139. The van der Waals surface area contributed by atoms with Crippen molar-refractivity contribution < 1.29 is 46.1 Å². The second kappa shape index (κ2) is 32.9. The predicted molar refractivity (Wildman–Crippen MR) is 422 cm³/mol. The minimum absolute atomic E-state index is 0.110. The zero-order valence-corrected chi connectivity index (χ0v) is 61.9. The topological polar surface area (TPSA) is 233 Å². The highest BCUT2D eigenvalue weighted by atomic mass is 19.1. The number of azide groups is 2. The number of carbonyl (C=O) groups is 2. The number of aromatic nitrogens is 4. The van der Waals surface area contributed by atoms with Gasteiger partial charge in [-0.25, -0.2) is 33.1 Å². The number of carbonyl (C=O) groups excluding carboxylic acids is 2. The summed E-state index contributed by atoms with van der Waals surface area (Å²) in [4.78, 5) is 48.7. The van der Waals surface area contributed by atoms with Gasteiger partial charge in [0.1, 0.15) is 60.3 Å². The summed E-state index contributed by atoms with van der Waals surface area (Å²) in [5, 5.41) is 9.29. The lowest BCUT2D eigenvalue weighted by Gasteiger charge is -2.48. The van der Waals surface area contributed by atoms with Crippen LogP contribution in [-0.2, 0) is 45.6 Å². The molecule has 20 heteroatoms. The molecule has 0 unspecified atom stereocenters. The molecule has 16 rings (SSSR count). The number of hydrogen-bond acceptors (Lipinski definition) is 13. The van der Waals surface area contributed by atoms with Crippen LogP contribution in [0.4, 0.5) is 13.2 Å². The maximum absolute atomic E-state index is 13.5. The molecule has 3 fully saturated rings. The average molecular weight is 1480 g/mol. The number of fused-ring (bicyclic) bond motifs is 3. The van der Waals surface area contributed by atoms with Crippen molar-refractivity contribution in [3.05, 3.63) is 355 Å². The van der Waals surface area contributed by atoms with E-state index in [0.717, 1.165) is 105 Å². The van der Waals surface area contributed by atoms with Gasteiger partial charge in [0.05, 0.1) is 46.4 Å². The van der Waals surface area contributed by atoms with Crippen LogP contribution >= 0.6 is 0 Å². The molecule has 0 atom stereocenters. The molecule has 0 radical (unpaired) electrons. The van der Waals surface area contributed by atoms with E-state index in [4.69, 9.17) is 34.4 Å². The Hall–Kier alpha value is -12.9. The molecular formula is C91H79F3N10O7. The normalized spacial score (nSPS) is 18.9. The highest BCUT2D eigenvalue weighted by molar-refractivity contribution is 6.00. The summed E-state index contributed by atoms with van der Waals surface area (Å²) >= 11 is 0. The first kappa shape index (κ1) is 74.9. The predicted octanol–water partition coefficient (Wildman–Crippen LogP) is 22.6. The molecule has 0 saturated heterocycles. The molecule has 3 saturated carbocycles. The van der Waals surface area contributed by atoms with Crippen molar-refractivity contribution in [1.82, 2.24) is 19.9 Å². The Bertz CT molecular complexity index is 5730. The zero-order chi connectivity index (χ0) is 77.2. The number of esters is 1. The lowest BCUT2D eigenvalue weighted by Crippen LogP contribution is -2.42. The largest absolute Gasteiger partial charge is 0.487 e. The van der Waals surface area contributed by atoms with Gasteiger partial charge in [-0.1, -0.05) is 140 Å². The molecular weight excluding hydrogens is 1400 g/mol. The van der Waals surface area contributed by atoms with Crippen LogP contribution < -0.4 is 14.2 Å². The molecule has 17 nitrogen and oxygen atoms in total. The highest BCUT2D eigenvalue weighted by Crippen LogP contribution is 2.57. The van der Waals surface area contributed by atoms with Crippen LogP contribution in [0, 0.1) is 42.1 Å². The molecule has 4 heterocycles. The number of pyridine rings is 3. The molecule has 3 aliphatic rings. The summed E-state index contributed by atoms with van der Waals surface area (Å²) in [7, 11) is 0. The minimum Gasteiger partial charge on any atom is -0.487 e. The first-order valence-electron chi connectivity index (χ1n) is 36.9. The molecule has 3 aliphatic carbocycles. The van der Waals surface area contributed by atoms with E-state index >= 15 is 0 Å². The Kier molecular flexibility index (Phi) is 22.2. The highest BCUT2D eigenvalue weighted by Gasteiger charge is 2.49. The second-order valence-electron chi connectivity index (χ2n) is 29.1. The van der Waals surface area contributed by atoms with Crippen molar-refractivity contribution >= 4 is 50.2 Å². The minimum atomic E-state index is -0.515. The number of aryl methyl sites for hydroxylation is 1. The third-order valence-corrected chi connectivity index (χ3v) is 21.2. The Morgan fingerprint density at radius 1 is 0.495 bits per heavy atom. The number of ketones is 1. The lowest BCUT2D eigenvalue weighted by atomic mass is 9.55. The van der Waals surface area contributed by atoms with E-state index in [1.165, 1.54) is 60.6 Å². The van der Waals surface area contributed by atoms with Crippen LogP contribution in [0.3, 0.4) is 0 Å². The van der Waals surface area contributed by atoms with Crippen molar-refractivity contribution in [2.75, 3.05) is 6.54 Å². The van der Waals surface area contributed by atoms with E-state index in [-0.39, 0.29) is 65.0 Å². The van der Waals surface area contributed by atoms with Crippen molar-refractivity contribution in [3.63, 3.8) is 0 Å². The maximum atomic E-state index is 13.5. The van der Waals surface area contributed by atoms with Crippen LogP contribution in [-0.4, -0.2) is 38.2 Å². The fraction of sp³-hybridized carbons (Fsp3) is 0.231. The molecule has 556 valence electrons. The molecule has 0 spiro atoms. The first-order valence-corrected chi connectivity index (χ1v) is 36.9. The summed E-state index contributed by atoms with van der Waals surface area (Å²) in [5.74, 6) is 3.67. The summed E-state index contributed by atoms with van der Waals surface area (Å²) in [6, 6.07) is 73.1. The summed E-state index contributed by atoms with van der Waals surface area (Å²) < 4.78 is 70.6. The van der Waals surface area contributed by atoms with Crippen molar-refractivity contribution in [1.29, 1.82) is 0 Å². The molecule has 0 bridgehead atoms. The fourth-order valence-corrected chi connectivity index (χ4v) is 16.4. The van der Waals surface area contributed by atoms with E-state index in [9.17, 15) is 22.8 Å². The number of Topliss-reactive ketones (excluding diaryl/α,β-unsaturated/α-hetero) is 1. The number of oxazole rings is 1. The third kappa shape index (κ3) is 16.6. The molecule has 4 aromatic heterocycles. The van der Waals surface area contributed by atoms with Crippen LogP contribution in [0.2, 0.25) is 0 Å². The van der Waals surface area contributed by atoms with E-state index in [0.29, 0.717) is 75.3 Å². The van der Waals surface area contributed by atoms with Gasteiger partial charge in [-0.2, -0.15) is 0 Å². The molecule has 111 heavy (non-hydrogen) atoms. The summed E-state index contributed by atoms with van der Waals surface area (Å²) in [5.41, 5.74) is 30.1. The number of ether oxygens (including phenoxy) is 4. The Morgan fingerprint density at radius 3 is 1.28 bits per heavy atom. The second-order valence-corrected chi connectivity index (χ2v) is 29.1. The van der Waals surface area contributed by atoms with E-state index in [1.54, 1.807) is 42.6 Å². The summed E-state index contributed by atoms with van der Waals surface area (Å²) in [6.45, 7) is 10.4. The van der Waals surface area contributed by atoms with Crippen LogP contribution in [0.25, 0.3) is 70.7 Å². The van der Waals surface area contributed by atoms with Gasteiger partial charge < -0.3 is 23.4 Å². The van der Waals surface area contributed by atoms with E-state index < -0.39 is 5.97 Å². The quantitative estimate of drug-likeness (QED) is 0.0155. The van der Waals surface area contributed by atoms with Gasteiger partial charge in [0, 0.05) is 79.0 Å². The van der Waals surface area contributed by atoms with Gasteiger partial charge in [-0.15, -0.1) is 0 Å².